The molecule has 70 valence electrons. The largest absolute Gasteiger partial charge is 0.276 e. The summed E-state index contributed by atoms with van der Waals surface area (Å²) in [5.74, 6) is 0. The second-order valence-electron chi connectivity index (χ2n) is 3.96. The summed E-state index contributed by atoms with van der Waals surface area (Å²) in [6.45, 7) is 6.20. The van der Waals surface area contributed by atoms with Gasteiger partial charge in [-0.2, -0.15) is 0 Å². The molecule has 0 saturated heterocycles. The molecule has 0 aromatic carbocycles. The molecule has 0 atom stereocenters. The Morgan fingerprint density at radius 2 is 2.00 bits per heavy atom. The van der Waals surface area contributed by atoms with Gasteiger partial charge in [-0.15, -0.1) is 0 Å². The number of hydrogen-bond donors (Lipinski definition) is 0. The molecule has 0 aliphatic carbocycles. The Hall–Kier alpha value is -0.890. The SMILES string of the molecule is CC(C)(C)c1ccc(C(=O)Cl)cn1. The maximum Gasteiger partial charge on any atom is 0.253 e. The zero-order valence-corrected chi connectivity index (χ0v) is 8.72. The second kappa shape index (κ2) is 3.46. The lowest BCUT2D eigenvalue weighted by Gasteiger charge is -2.17. The van der Waals surface area contributed by atoms with Gasteiger partial charge in [0, 0.05) is 17.3 Å². The van der Waals surface area contributed by atoms with Gasteiger partial charge in [0.2, 0.25) is 0 Å². The Balaban J connectivity index is 3.01. The van der Waals surface area contributed by atoms with Crippen LogP contribution in [-0.2, 0) is 5.41 Å². The molecule has 1 rings (SSSR count). The first-order valence-corrected chi connectivity index (χ1v) is 4.45. The van der Waals surface area contributed by atoms with Crippen LogP contribution in [0.4, 0.5) is 0 Å². The minimum Gasteiger partial charge on any atom is -0.276 e. The van der Waals surface area contributed by atoms with Gasteiger partial charge >= 0.3 is 0 Å². The molecular formula is C10H12ClNO. The molecule has 1 aromatic heterocycles. The van der Waals surface area contributed by atoms with Crippen LogP contribution >= 0.6 is 11.6 Å². The van der Waals surface area contributed by atoms with Crippen LogP contribution in [0.1, 0.15) is 36.8 Å². The zero-order chi connectivity index (χ0) is 10.1. The molecule has 0 N–H and O–H groups in total. The van der Waals surface area contributed by atoms with E-state index in [0.29, 0.717) is 5.56 Å². The molecule has 1 heterocycles. The molecular weight excluding hydrogens is 186 g/mol. The Kier molecular flexibility index (Phi) is 2.71. The van der Waals surface area contributed by atoms with Crippen molar-refractivity contribution in [1.82, 2.24) is 4.98 Å². The van der Waals surface area contributed by atoms with Crippen molar-refractivity contribution in [2.75, 3.05) is 0 Å². The summed E-state index contributed by atoms with van der Waals surface area (Å²) in [6, 6.07) is 3.53. The number of rotatable bonds is 1. The van der Waals surface area contributed by atoms with Gasteiger partial charge in [-0.05, 0) is 23.7 Å². The third kappa shape index (κ3) is 2.52. The second-order valence-corrected chi connectivity index (χ2v) is 4.30. The lowest BCUT2D eigenvalue weighted by atomic mass is 9.91. The number of pyridine rings is 1. The van der Waals surface area contributed by atoms with Crippen molar-refractivity contribution in [3.05, 3.63) is 29.6 Å². The van der Waals surface area contributed by atoms with Crippen molar-refractivity contribution in [2.45, 2.75) is 26.2 Å². The fourth-order valence-corrected chi connectivity index (χ4v) is 1.07. The van der Waals surface area contributed by atoms with Gasteiger partial charge in [0.25, 0.3) is 5.24 Å². The lowest BCUT2D eigenvalue weighted by Crippen LogP contribution is -2.13. The summed E-state index contributed by atoms with van der Waals surface area (Å²) in [4.78, 5) is 14.9. The van der Waals surface area contributed by atoms with E-state index in [1.54, 1.807) is 6.07 Å². The van der Waals surface area contributed by atoms with Crippen LogP contribution in [0.15, 0.2) is 18.3 Å². The molecule has 0 fully saturated rings. The molecule has 3 heteroatoms. The first-order chi connectivity index (χ1) is 5.91. The number of carbonyl (C=O) groups is 1. The Labute approximate surface area is 82.9 Å². The predicted molar refractivity (Wildman–Crippen MR) is 53.1 cm³/mol. The van der Waals surface area contributed by atoms with Crippen LogP contribution in [0.2, 0.25) is 0 Å². The van der Waals surface area contributed by atoms with Gasteiger partial charge in [0.15, 0.2) is 0 Å². The molecule has 1 aromatic rings. The first-order valence-electron chi connectivity index (χ1n) is 4.07. The topological polar surface area (TPSA) is 30.0 Å². The highest BCUT2D eigenvalue weighted by molar-refractivity contribution is 6.67. The van der Waals surface area contributed by atoms with Gasteiger partial charge < -0.3 is 0 Å². The van der Waals surface area contributed by atoms with E-state index >= 15 is 0 Å². The van der Waals surface area contributed by atoms with Gasteiger partial charge in [-0.25, -0.2) is 0 Å². The number of halogens is 1. The summed E-state index contributed by atoms with van der Waals surface area (Å²) in [6.07, 6.45) is 1.51. The van der Waals surface area contributed by atoms with Crippen molar-refractivity contribution >= 4 is 16.8 Å². The summed E-state index contributed by atoms with van der Waals surface area (Å²) in [5, 5.41) is -0.465. The maximum absolute atomic E-state index is 10.7. The van der Waals surface area contributed by atoms with Gasteiger partial charge in [0.05, 0.1) is 5.56 Å². The van der Waals surface area contributed by atoms with Crippen molar-refractivity contribution in [2.24, 2.45) is 0 Å². The smallest absolute Gasteiger partial charge is 0.253 e. The Bertz CT molecular complexity index is 311. The predicted octanol–water partition coefficient (Wildman–Crippen LogP) is 2.76. The Morgan fingerprint density at radius 1 is 1.38 bits per heavy atom. The molecule has 0 radical (unpaired) electrons. The van der Waals surface area contributed by atoms with E-state index in [1.807, 2.05) is 6.07 Å². The highest BCUT2D eigenvalue weighted by atomic mass is 35.5. The van der Waals surface area contributed by atoms with Gasteiger partial charge in [-0.3, -0.25) is 9.78 Å². The fraction of sp³-hybridized carbons (Fsp3) is 0.400. The maximum atomic E-state index is 10.7. The summed E-state index contributed by atoms with van der Waals surface area (Å²) in [7, 11) is 0. The van der Waals surface area contributed by atoms with E-state index < -0.39 is 5.24 Å². The molecule has 0 spiro atoms. The summed E-state index contributed by atoms with van der Waals surface area (Å²) < 4.78 is 0. The zero-order valence-electron chi connectivity index (χ0n) is 7.97. The van der Waals surface area contributed by atoms with Crippen LogP contribution in [0.25, 0.3) is 0 Å². The normalized spacial score (nSPS) is 11.4. The molecule has 0 aliphatic rings. The van der Waals surface area contributed by atoms with Crippen LogP contribution in [0, 0.1) is 0 Å². The number of aromatic nitrogens is 1. The van der Waals surface area contributed by atoms with E-state index in [0.717, 1.165) is 5.69 Å². The van der Waals surface area contributed by atoms with Crippen molar-refractivity contribution in [1.29, 1.82) is 0 Å². The average Bonchev–Trinajstić information content (AvgIpc) is 2.03. The molecule has 0 aliphatic heterocycles. The third-order valence-electron chi connectivity index (χ3n) is 1.76. The summed E-state index contributed by atoms with van der Waals surface area (Å²) >= 11 is 5.29. The van der Waals surface area contributed by atoms with Crippen molar-refractivity contribution in [3.8, 4) is 0 Å². The van der Waals surface area contributed by atoms with Crippen molar-refractivity contribution in [3.63, 3.8) is 0 Å². The molecule has 2 nitrogen and oxygen atoms in total. The minimum atomic E-state index is -0.465. The average molecular weight is 198 g/mol. The van der Waals surface area contributed by atoms with Crippen LogP contribution in [-0.4, -0.2) is 10.2 Å². The molecule has 13 heavy (non-hydrogen) atoms. The summed E-state index contributed by atoms with van der Waals surface area (Å²) in [5.41, 5.74) is 1.40. The van der Waals surface area contributed by atoms with Crippen molar-refractivity contribution < 1.29 is 4.79 Å². The Morgan fingerprint density at radius 3 is 2.31 bits per heavy atom. The number of hydrogen-bond acceptors (Lipinski definition) is 2. The van der Waals surface area contributed by atoms with E-state index in [4.69, 9.17) is 11.6 Å². The van der Waals surface area contributed by atoms with E-state index in [2.05, 4.69) is 25.8 Å². The van der Waals surface area contributed by atoms with Gasteiger partial charge in [0.1, 0.15) is 0 Å². The number of carbonyl (C=O) groups excluding carboxylic acids is 1. The molecule has 0 unspecified atom stereocenters. The standard InChI is InChI=1S/C10H12ClNO/c1-10(2,3)8-5-4-7(6-12-8)9(11)13/h4-6H,1-3H3. The molecule has 0 bridgehead atoms. The monoisotopic (exact) mass is 197 g/mol. The van der Waals surface area contributed by atoms with Crippen LogP contribution in [0.5, 0.6) is 0 Å². The highest BCUT2D eigenvalue weighted by Crippen LogP contribution is 2.19. The first kappa shape index (κ1) is 10.2. The van der Waals surface area contributed by atoms with Crippen LogP contribution < -0.4 is 0 Å². The van der Waals surface area contributed by atoms with Gasteiger partial charge in [-0.1, -0.05) is 20.8 Å². The molecule has 0 saturated carbocycles. The van der Waals surface area contributed by atoms with E-state index in [9.17, 15) is 4.79 Å². The third-order valence-corrected chi connectivity index (χ3v) is 1.98. The molecule has 0 amide bonds. The van der Waals surface area contributed by atoms with E-state index in [1.165, 1.54) is 6.20 Å². The quantitative estimate of drug-likeness (QED) is 0.648. The fourth-order valence-electron chi connectivity index (χ4n) is 0.954. The van der Waals surface area contributed by atoms with Crippen LogP contribution in [0.3, 0.4) is 0 Å². The minimum absolute atomic E-state index is 0.00783. The highest BCUT2D eigenvalue weighted by Gasteiger charge is 2.15. The number of nitrogens with zero attached hydrogens (tertiary/aromatic N) is 1. The lowest BCUT2D eigenvalue weighted by molar-refractivity contribution is 0.108. The van der Waals surface area contributed by atoms with E-state index in [-0.39, 0.29) is 5.41 Å².